The zero-order valence-electron chi connectivity index (χ0n) is 18.6. The summed E-state index contributed by atoms with van der Waals surface area (Å²) in [6, 6.07) is 9.81. The molecule has 0 bridgehead atoms. The number of rotatable bonds is 4. The van der Waals surface area contributed by atoms with Crippen LogP contribution in [0.3, 0.4) is 0 Å². The van der Waals surface area contributed by atoms with Crippen molar-refractivity contribution in [3.05, 3.63) is 64.9 Å². The first kappa shape index (κ1) is 20.7. The van der Waals surface area contributed by atoms with Crippen molar-refractivity contribution >= 4 is 17.4 Å². The van der Waals surface area contributed by atoms with Crippen molar-refractivity contribution in [2.75, 3.05) is 11.9 Å². The highest BCUT2D eigenvalue weighted by Gasteiger charge is 2.34. The number of aryl methyl sites for hydroxylation is 2. The van der Waals surface area contributed by atoms with Gasteiger partial charge in [-0.1, -0.05) is 18.9 Å². The molecule has 7 nitrogen and oxygen atoms in total. The van der Waals surface area contributed by atoms with E-state index in [2.05, 4.69) is 20.5 Å². The zero-order chi connectivity index (χ0) is 21.9. The molecule has 0 aromatic carbocycles. The van der Waals surface area contributed by atoms with Gasteiger partial charge in [-0.25, -0.2) is 4.98 Å². The normalized spacial score (nSPS) is 18.7. The number of fused-ring (bicyclic) bond motifs is 1. The van der Waals surface area contributed by atoms with Gasteiger partial charge in [0.15, 0.2) is 5.69 Å². The van der Waals surface area contributed by atoms with Crippen molar-refractivity contribution in [3.8, 4) is 0 Å². The fourth-order valence-corrected chi connectivity index (χ4v) is 4.99. The Hall–Kier alpha value is -3.22. The lowest BCUT2D eigenvalue weighted by molar-refractivity contribution is 0.0725. The summed E-state index contributed by atoms with van der Waals surface area (Å²) in [4.78, 5) is 24.7. The monoisotopic (exact) mass is 430 g/mol. The molecule has 7 heteroatoms. The zero-order valence-corrected chi connectivity index (χ0v) is 18.6. The Morgan fingerprint density at radius 1 is 1.12 bits per heavy atom. The number of nitrogens with zero attached hydrogens (tertiary/aromatic N) is 4. The molecule has 166 valence electrons. The maximum Gasteiger partial charge on any atom is 0.275 e. The van der Waals surface area contributed by atoms with Crippen LogP contribution in [0.4, 0.5) is 11.5 Å². The fourth-order valence-electron chi connectivity index (χ4n) is 4.99. The topological polar surface area (TPSA) is 86.8 Å². The quantitative estimate of drug-likeness (QED) is 0.615. The van der Waals surface area contributed by atoms with E-state index in [-0.39, 0.29) is 11.9 Å². The van der Waals surface area contributed by atoms with Gasteiger partial charge in [-0.05, 0) is 69.7 Å². The molecule has 32 heavy (non-hydrogen) atoms. The van der Waals surface area contributed by atoms with Crippen molar-refractivity contribution in [2.45, 2.75) is 64.3 Å². The van der Waals surface area contributed by atoms with Crippen LogP contribution >= 0.6 is 0 Å². The lowest BCUT2D eigenvalue weighted by Crippen LogP contribution is -2.32. The predicted molar refractivity (Wildman–Crippen MR) is 124 cm³/mol. The van der Waals surface area contributed by atoms with Crippen LogP contribution in [-0.2, 0) is 12.8 Å². The number of aromatic nitrogens is 4. The number of pyridine rings is 2. The maximum absolute atomic E-state index is 13.6. The highest BCUT2D eigenvalue weighted by Crippen LogP contribution is 2.34. The number of aromatic amines is 1. The minimum atomic E-state index is -0.0346. The lowest BCUT2D eigenvalue weighted by Gasteiger charge is -2.25. The SMILES string of the molecule is Cc1cc(Nc2ccccn2)cc([C@@H]2CCCN2C(=O)c2n[nH]c3c2CCCCCC3)n1. The number of amides is 1. The second-order valence-electron chi connectivity index (χ2n) is 8.86. The molecule has 5 rings (SSSR count). The van der Waals surface area contributed by atoms with E-state index in [0.29, 0.717) is 5.69 Å². The molecule has 1 aliphatic carbocycles. The number of hydrogen-bond donors (Lipinski definition) is 2. The average Bonchev–Trinajstić information content (AvgIpc) is 3.41. The van der Waals surface area contributed by atoms with Crippen molar-refractivity contribution in [2.24, 2.45) is 0 Å². The summed E-state index contributed by atoms with van der Waals surface area (Å²) in [7, 11) is 0. The largest absolute Gasteiger partial charge is 0.340 e. The van der Waals surface area contributed by atoms with E-state index in [4.69, 9.17) is 4.98 Å². The van der Waals surface area contributed by atoms with Gasteiger partial charge < -0.3 is 10.2 Å². The highest BCUT2D eigenvalue weighted by atomic mass is 16.2. The van der Waals surface area contributed by atoms with Crippen LogP contribution in [-0.4, -0.2) is 37.5 Å². The number of hydrogen-bond acceptors (Lipinski definition) is 5. The number of carbonyl (C=O) groups is 1. The molecule has 3 aromatic heterocycles. The van der Waals surface area contributed by atoms with Gasteiger partial charge in [0.25, 0.3) is 5.91 Å². The van der Waals surface area contributed by atoms with Crippen LogP contribution in [0.2, 0.25) is 0 Å². The summed E-state index contributed by atoms with van der Waals surface area (Å²) in [6.07, 6.45) is 10.3. The van der Waals surface area contributed by atoms with Crippen LogP contribution in [0.15, 0.2) is 36.5 Å². The lowest BCUT2D eigenvalue weighted by atomic mass is 9.96. The van der Waals surface area contributed by atoms with Gasteiger partial charge in [0.1, 0.15) is 5.82 Å². The van der Waals surface area contributed by atoms with Crippen molar-refractivity contribution in [1.82, 2.24) is 25.1 Å². The summed E-state index contributed by atoms with van der Waals surface area (Å²) < 4.78 is 0. The van der Waals surface area contributed by atoms with Gasteiger partial charge in [0.05, 0.1) is 11.7 Å². The van der Waals surface area contributed by atoms with Crippen LogP contribution in [0.1, 0.15) is 77.7 Å². The summed E-state index contributed by atoms with van der Waals surface area (Å²) in [5, 5.41) is 11.0. The molecule has 3 aromatic rings. The Balaban J connectivity index is 1.41. The Morgan fingerprint density at radius 3 is 2.84 bits per heavy atom. The smallest absolute Gasteiger partial charge is 0.275 e. The molecule has 0 radical (unpaired) electrons. The second kappa shape index (κ2) is 9.10. The van der Waals surface area contributed by atoms with E-state index in [1.807, 2.05) is 42.2 Å². The van der Waals surface area contributed by atoms with E-state index < -0.39 is 0 Å². The molecule has 1 saturated heterocycles. The van der Waals surface area contributed by atoms with E-state index in [9.17, 15) is 4.79 Å². The molecular weight excluding hydrogens is 400 g/mol. The first-order chi connectivity index (χ1) is 15.7. The molecule has 1 fully saturated rings. The van der Waals surface area contributed by atoms with Crippen molar-refractivity contribution in [1.29, 1.82) is 0 Å². The number of anilines is 2. The number of likely N-dealkylation sites (tertiary alicyclic amines) is 1. The molecule has 0 spiro atoms. The van der Waals surface area contributed by atoms with Gasteiger partial charge in [0, 0.05) is 35.4 Å². The Morgan fingerprint density at radius 2 is 2.00 bits per heavy atom. The summed E-state index contributed by atoms with van der Waals surface area (Å²) in [6.45, 7) is 2.73. The third-order valence-electron chi connectivity index (χ3n) is 6.52. The number of nitrogens with one attached hydrogen (secondary N) is 2. The number of H-pyrrole nitrogens is 1. The first-order valence-electron chi connectivity index (χ1n) is 11.7. The minimum Gasteiger partial charge on any atom is -0.340 e. The summed E-state index contributed by atoms with van der Waals surface area (Å²) in [5.74, 6) is 0.826. The van der Waals surface area contributed by atoms with Crippen LogP contribution in [0, 0.1) is 6.92 Å². The standard InChI is InChI=1S/C25H30N6O/c1-17-15-18(28-23-12-6-7-13-26-23)16-21(27-17)22-11-8-14-31(22)25(32)24-19-9-4-2-3-5-10-20(19)29-30-24/h6-7,12-13,15-16,22H,2-5,8-11,14H2,1H3,(H,29,30)(H,26,27,28)/t22-/m0/s1. The number of carbonyl (C=O) groups excluding carboxylic acids is 1. The molecule has 0 unspecified atom stereocenters. The second-order valence-corrected chi connectivity index (χ2v) is 8.86. The van der Waals surface area contributed by atoms with E-state index >= 15 is 0 Å². The van der Waals surface area contributed by atoms with Crippen LogP contribution in [0.5, 0.6) is 0 Å². The van der Waals surface area contributed by atoms with Gasteiger partial charge >= 0.3 is 0 Å². The highest BCUT2D eigenvalue weighted by molar-refractivity contribution is 5.94. The van der Waals surface area contributed by atoms with Gasteiger partial charge in [0.2, 0.25) is 0 Å². The molecule has 1 atom stereocenters. The molecule has 2 aliphatic rings. The maximum atomic E-state index is 13.6. The predicted octanol–water partition coefficient (Wildman–Crippen LogP) is 4.89. The van der Waals surface area contributed by atoms with E-state index in [1.54, 1.807) is 6.20 Å². The van der Waals surface area contributed by atoms with Gasteiger partial charge in [-0.2, -0.15) is 5.10 Å². The van der Waals surface area contributed by atoms with Gasteiger partial charge in [-0.15, -0.1) is 0 Å². The minimum absolute atomic E-state index is 0.0346. The summed E-state index contributed by atoms with van der Waals surface area (Å²) in [5.41, 5.74) is 5.69. The average molecular weight is 431 g/mol. The molecule has 1 amide bonds. The molecule has 0 saturated carbocycles. The van der Waals surface area contributed by atoms with Crippen LogP contribution < -0.4 is 5.32 Å². The first-order valence-corrected chi connectivity index (χ1v) is 11.7. The Bertz CT molecular complexity index is 1090. The van der Waals surface area contributed by atoms with Crippen molar-refractivity contribution < 1.29 is 4.79 Å². The third-order valence-corrected chi connectivity index (χ3v) is 6.52. The van der Waals surface area contributed by atoms with Gasteiger partial charge in [-0.3, -0.25) is 14.9 Å². The molecule has 1 aliphatic heterocycles. The fraction of sp³-hybridized carbons (Fsp3) is 0.440. The van der Waals surface area contributed by atoms with E-state index in [0.717, 1.165) is 79.2 Å². The Kier molecular flexibility index (Phi) is 5.88. The van der Waals surface area contributed by atoms with Crippen LogP contribution in [0.25, 0.3) is 0 Å². The molecule has 2 N–H and O–H groups in total. The van der Waals surface area contributed by atoms with E-state index in [1.165, 1.54) is 12.8 Å². The summed E-state index contributed by atoms with van der Waals surface area (Å²) >= 11 is 0. The molecular formula is C25H30N6O. The van der Waals surface area contributed by atoms with Crippen molar-refractivity contribution in [3.63, 3.8) is 0 Å². The Labute approximate surface area is 188 Å². The molecule has 4 heterocycles. The third kappa shape index (κ3) is 4.24.